The quantitative estimate of drug-likeness (QED) is 0.608. The summed E-state index contributed by atoms with van der Waals surface area (Å²) in [6.07, 6.45) is 0.665. The van der Waals surface area contributed by atoms with Crippen LogP contribution in [0.25, 0.3) is 0 Å². The molecular weight excluding hydrogens is 138 g/mol. The van der Waals surface area contributed by atoms with E-state index < -0.39 is 0 Å². The Balaban J connectivity index is 3.15. The molecule has 0 aliphatic rings. The standard InChI is InChI=1S/C9H21NO/c1-8(11)5-6-10-7-9(2,3)4/h8,10-11H,5-7H2,1-4H3/t8-/m1/s1. The van der Waals surface area contributed by atoms with Crippen LogP contribution in [0.5, 0.6) is 0 Å². The lowest BCUT2D eigenvalue weighted by molar-refractivity contribution is 0.182. The molecule has 0 amide bonds. The van der Waals surface area contributed by atoms with Crippen molar-refractivity contribution in [3.05, 3.63) is 0 Å². The van der Waals surface area contributed by atoms with Crippen LogP contribution >= 0.6 is 0 Å². The summed E-state index contributed by atoms with van der Waals surface area (Å²) in [6, 6.07) is 0. The monoisotopic (exact) mass is 159 g/mol. The van der Waals surface area contributed by atoms with Gasteiger partial charge in [-0.2, -0.15) is 0 Å². The summed E-state index contributed by atoms with van der Waals surface area (Å²) >= 11 is 0. The Kier molecular flexibility index (Phi) is 4.69. The molecule has 0 aliphatic carbocycles. The van der Waals surface area contributed by atoms with Crippen molar-refractivity contribution in [2.45, 2.75) is 40.2 Å². The fraction of sp³-hybridized carbons (Fsp3) is 1.00. The first-order chi connectivity index (χ1) is 4.92. The molecule has 0 saturated carbocycles. The van der Waals surface area contributed by atoms with Crippen molar-refractivity contribution in [1.82, 2.24) is 5.32 Å². The summed E-state index contributed by atoms with van der Waals surface area (Å²) in [5, 5.41) is 12.2. The van der Waals surface area contributed by atoms with Crippen molar-refractivity contribution in [3.63, 3.8) is 0 Å². The van der Waals surface area contributed by atoms with Gasteiger partial charge in [0, 0.05) is 0 Å². The van der Waals surface area contributed by atoms with Gasteiger partial charge in [-0.3, -0.25) is 0 Å². The van der Waals surface area contributed by atoms with Gasteiger partial charge < -0.3 is 10.4 Å². The van der Waals surface area contributed by atoms with Gasteiger partial charge in [-0.15, -0.1) is 0 Å². The number of aliphatic hydroxyl groups excluding tert-OH is 1. The largest absolute Gasteiger partial charge is 0.393 e. The molecule has 0 rings (SSSR count). The number of nitrogens with one attached hydrogen (secondary N) is 1. The average Bonchev–Trinajstić information content (AvgIpc) is 1.78. The van der Waals surface area contributed by atoms with Gasteiger partial charge in [0.25, 0.3) is 0 Å². The third-order valence-electron chi connectivity index (χ3n) is 1.39. The maximum Gasteiger partial charge on any atom is 0.0524 e. The van der Waals surface area contributed by atoms with Gasteiger partial charge in [0.05, 0.1) is 6.10 Å². The second-order valence-corrected chi connectivity index (χ2v) is 4.38. The van der Waals surface area contributed by atoms with Crippen LogP contribution in [0.3, 0.4) is 0 Å². The second-order valence-electron chi connectivity index (χ2n) is 4.38. The van der Waals surface area contributed by atoms with Gasteiger partial charge in [-0.25, -0.2) is 0 Å². The number of hydrogen-bond donors (Lipinski definition) is 2. The molecule has 0 aliphatic heterocycles. The predicted molar refractivity (Wildman–Crippen MR) is 48.6 cm³/mol. The van der Waals surface area contributed by atoms with Crippen molar-refractivity contribution in [2.24, 2.45) is 5.41 Å². The molecule has 0 radical (unpaired) electrons. The molecule has 0 aromatic carbocycles. The summed E-state index contributed by atoms with van der Waals surface area (Å²) < 4.78 is 0. The number of rotatable bonds is 4. The lowest BCUT2D eigenvalue weighted by atomic mass is 9.97. The van der Waals surface area contributed by atoms with Crippen LogP contribution in [-0.4, -0.2) is 24.3 Å². The molecule has 0 aromatic rings. The first-order valence-electron chi connectivity index (χ1n) is 4.30. The van der Waals surface area contributed by atoms with E-state index in [0.717, 1.165) is 19.5 Å². The van der Waals surface area contributed by atoms with Crippen LogP contribution in [-0.2, 0) is 0 Å². The molecule has 2 heteroatoms. The molecule has 68 valence electrons. The van der Waals surface area contributed by atoms with Gasteiger partial charge in [-0.1, -0.05) is 20.8 Å². The zero-order chi connectivity index (χ0) is 8.91. The normalized spacial score (nSPS) is 15.0. The highest BCUT2D eigenvalue weighted by Crippen LogP contribution is 2.09. The van der Waals surface area contributed by atoms with Gasteiger partial charge in [0.2, 0.25) is 0 Å². The van der Waals surface area contributed by atoms with Crippen LogP contribution in [0.2, 0.25) is 0 Å². The minimum absolute atomic E-state index is 0.178. The Labute approximate surface area is 70.0 Å². The number of hydrogen-bond acceptors (Lipinski definition) is 2. The van der Waals surface area contributed by atoms with E-state index in [4.69, 9.17) is 5.11 Å². The molecule has 2 N–H and O–H groups in total. The molecular formula is C9H21NO. The van der Waals surface area contributed by atoms with Gasteiger partial charge >= 0.3 is 0 Å². The van der Waals surface area contributed by atoms with Crippen molar-refractivity contribution >= 4 is 0 Å². The van der Waals surface area contributed by atoms with Crippen LogP contribution in [0.15, 0.2) is 0 Å². The van der Waals surface area contributed by atoms with E-state index in [1.165, 1.54) is 0 Å². The maximum absolute atomic E-state index is 8.94. The highest BCUT2D eigenvalue weighted by Gasteiger charge is 2.08. The van der Waals surface area contributed by atoms with E-state index in [9.17, 15) is 0 Å². The van der Waals surface area contributed by atoms with Crippen LogP contribution < -0.4 is 5.32 Å². The van der Waals surface area contributed by atoms with E-state index in [0.29, 0.717) is 5.41 Å². The highest BCUT2D eigenvalue weighted by atomic mass is 16.3. The Morgan fingerprint density at radius 3 is 2.27 bits per heavy atom. The zero-order valence-electron chi connectivity index (χ0n) is 8.15. The molecule has 0 bridgehead atoms. The van der Waals surface area contributed by atoms with Crippen LogP contribution in [0.4, 0.5) is 0 Å². The third kappa shape index (κ3) is 9.92. The highest BCUT2D eigenvalue weighted by molar-refractivity contribution is 4.64. The summed E-state index contributed by atoms with van der Waals surface area (Å²) in [6.45, 7) is 10.3. The topological polar surface area (TPSA) is 32.3 Å². The zero-order valence-corrected chi connectivity index (χ0v) is 8.15. The molecule has 11 heavy (non-hydrogen) atoms. The third-order valence-corrected chi connectivity index (χ3v) is 1.39. The minimum atomic E-state index is -0.178. The lowest BCUT2D eigenvalue weighted by Crippen LogP contribution is -2.28. The molecule has 0 fully saturated rings. The first kappa shape index (κ1) is 10.9. The van der Waals surface area contributed by atoms with Crippen molar-refractivity contribution in [3.8, 4) is 0 Å². The summed E-state index contributed by atoms with van der Waals surface area (Å²) in [5.41, 5.74) is 0.346. The number of aliphatic hydroxyl groups is 1. The Morgan fingerprint density at radius 1 is 1.36 bits per heavy atom. The van der Waals surface area contributed by atoms with Gasteiger partial charge in [0.15, 0.2) is 0 Å². The van der Waals surface area contributed by atoms with E-state index >= 15 is 0 Å². The van der Waals surface area contributed by atoms with Crippen molar-refractivity contribution in [1.29, 1.82) is 0 Å². The molecule has 0 saturated heterocycles. The summed E-state index contributed by atoms with van der Waals surface area (Å²) in [4.78, 5) is 0. The Bertz CT molecular complexity index is 94.2. The molecule has 0 unspecified atom stereocenters. The molecule has 0 heterocycles. The van der Waals surface area contributed by atoms with Crippen LogP contribution in [0, 0.1) is 5.41 Å². The molecule has 1 atom stereocenters. The second kappa shape index (κ2) is 4.73. The maximum atomic E-state index is 8.94. The van der Waals surface area contributed by atoms with Crippen LogP contribution in [0.1, 0.15) is 34.1 Å². The van der Waals surface area contributed by atoms with E-state index in [1.54, 1.807) is 0 Å². The van der Waals surface area contributed by atoms with Gasteiger partial charge in [-0.05, 0) is 31.8 Å². The van der Waals surface area contributed by atoms with Crippen molar-refractivity contribution < 1.29 is 5.11 Å². The average molecular weight is 159 g/mol. The predicted octanol–water partition coefficient (Wildman–Crippen LogP) is 1.39. The molecule has 0 spiro atoms. The summed E-state index contributed by atoms with van der Waals surface area (Å²) in [7, 11) is 0. The van der Waals surface area contributed by atoms with Gasteiger partial charge in [0.1, 0.15) is 0 Å². The van der Waals surface area contributed by atoms with E-state index in [-0.39, 0.29) is 6.10 Å². The van der Waals surface area contributed by atoms with E-state index in [1.807, 2.05) is 6.92 Å². The summed E-state index contributed by atoms with van der Waals surface area (Å²) in [5.74, 6) is 0. The first-order valence-corrected chi connectivity index (χ1v) is 4.30. The fourth-order valence-corrected chi connectivity index (χ4v) is 0.774. The SMILES string of the molecule is C[C@@H](O)CCNCC(C)(C)C. The lowest BCUT2D eigenvalue weighted by Gasteiger charge is -2.18. The minimum Gasteiger partial charge on any atom is -0.393 e. The van der Waals surface area contributed by atoms with E-state index in [2.05, 4.69) is 26.1 Å². The van der Waals surface area contributed by atoms with Crippen molar-refractivity contribution in [2.75, 3.05) is 13.1 Å². The molecule has 0 aromatic heterocycles. The molecule has 2 nitrogen and oxygen atoms in total. The Hall–Kier alpha value is -0.0800. The Morgan fingerprint density at radius 2 is 1.91 bits per heavy atom. The smallest absolute Gasteiger partial charge is 0.0524 e. The fourth-order valence-electron chi connectivity index (χ4n) is 0.774.